The number of carbonyl (C=O) groups is 1. The second-order valence-electron chi connectivity index (χ2n) is 6.37. The van der Waals surface area contributed by atoms with E-state index in [9.17, 15) is 4.79 Å². The van der Waals surface area contributed by atoms with Crippen LogP contribution in [0, 0.1) is 5.92 Å². The summed E-state index contributed by atoms with van der Waals surface area (Å²) in [5, 5.41) is 2.90. The Hall–Kier alpha value is -2.43. The van der Waals surface area contributed by atoms with Gasteiger partial charge in [-0.05, 0) is 48.6 Å². The smallest absolute Gasteiger partial charge is 0.269 e. The molecule has 5 heteroatoms. The van der Waals surface area contributed by atoms with Crippen LogP contribution in [0.15, 0.2) is 42.9 Å². The topological polar surface area (TPSA) is 58.1 Å². The number of likely N-dealkylation sites (N-methyl/N-ethyl adjacent to an activating group) is 1. The van der Waals surface area contributed by atoms with Crippen molar-refractivity contribution in [1.82, 2.24) is 15.3 Å². The van der Waals surface area contributed by atoms with E-state index in [1.807, 2.05) is 37.6 Å². The maximum absolute atomic E-state index is 12.0. The molecule has 0 radical (unpaired) electrons. The van der Waals surface area contributed by atoms with E-state index in [4.69, 9.17) is 0 Å². The molecule has 5 nitrogen and oxygen atoms in total. The molecule has 0 aliphatic heterocycles. The Balaban J connectivity index is 1.85. The van der Waals surface area contributed by atoms with Crippen molar-refractivity contribution < 1.29 is 4.79 Å². The maximum atomic E-state index is 12.0. The van der Waals surface area contributed by atoms with Crippen molar-refractivity contribution in [2.45, 2.75) is 26.7 Å². The standard InChI is InChI=1S/C19H26N4O/c1-15(2)6-12-21-19(24)18-5-4-17(14-22-18)23(3)13-9-16-7-10-20-11-8-16/h4-5,7-8,10-11,14-15H,6,9,12-13H2,1-3H3,(H,21,24). The molecule has 0 aliphatic rings. The van der Waals surface area contributed by atoms with Gasteiger partial charge in [-0.3, -0.25) is 9.78 Å². The zero-order valence-corrected chi connectivity index (χ0v) is 14.7. The molecule has 0 spiro atoms. The Bertz CT molecular complexity index is 626. The molecule has 0 aliphatic carbocycles. The first-order valence-electron chi connectivity index (χ1n) is 8.40. The zero-order valence-electron chi connectivity index (χ0n) is 14.7. The van der Waals surface area contributed by atoms with Crippen molar-refractivity contribution in [3.63, 3.8) is 0 Å². The molecule has 2 rings (SSSR count). The molecule has 2 aromatic heterocycles. The number of hydrogen-bond acceptors (Lipinski definition) is 4. The van der Waals surface area contributed by atoms with E-state index >= 15 is 0 Å². The van der Waals surface area contributed by atoms with Crippen LogP contribution in [0.2, 0.25) is 0 Å². The molecule has 128 valence electrons. The second kappa shape index (κ2) is 9.01. The normalized spacial score (nSPS) is 10.7. The van der Waals surface area contributed by atoms with Gasteiger partial charge in [0.25, 0.3) is 5.91 Å². The van der Waals surface area contributed by atoms with Crippen LogP contribution >= 0.6 is 0 Å². The molecule has 0 fully saturated rings. The van der Waals surface area contributed by atoms with E-state index in [-0.39, 0.29) is 5.91 Å². The molecule has 0 aromatic carbocycles. The predicted octanol–water partition coefficient (Wildman–Crippen LogP) is 2.93. The Morgan fingerprint density at radius 2 is 1.96 bits per heavy atom. The molecule has 0 saturated heterocycles. The van der Waals surface area contributed by atoms with Gasteiger partial charge >= 0.3 is 0 Å². The van der Waals surface area contributed by atoms with Gasteiger partial charge in [0.05, 0.1) is 11.9 Å². The van der Waals surface area contributed by atoms with Crippen LogP contribution < -0.4 is 10.2 Å². The van der Waals surface area contributed by atoms with Gasteiger partial charge in [0.1, 0.15) is 5.69 Å². The number of anilines is 1. The average molecular weight is 326 g/mol. The summed E-state index contributed by atoms with van der Waals surface area (Å²) in [4.78, 5) is 22.5. The fourth-order valence-electron chi connectivity index (χ4n) is 2.29. The summed E-state index contributed by atoms with van der Waals surface area (Å²) in [6.07, 6.45) is 7.29. The fraction of sp³-hybridized carbons (Fsp3) is 0.421. The van der Waals surface area contributed by atoms with E-state index in [0.29, 0.717) is 18.2 Å². The Kier molecular flexibility index (Phi) is 6.73. The van der Waals surface area contributed by atoms with E-state index in [0.717, 1.165) is 25.1 Å². The molecule has 24 heavy (non-hydrogen) atoms. The lowest BCUT2D eigenvalue weighted by atomic mass is 10.1. The molecule has 2 heterocycles. The van der Waals surface area contributed by atoms with Crippen LogP contribution in [0.4, 0.5) is 5.69 Å². The largest absolute Gasteiger partial charge is 0.373 e. The highest BCUT2D eigenvalue weighted by Crippen LogP contribution is 2.12. The summed E-state index contributed by atoms with van der Waals surface area (Å²) in [5.74, 6) is 0.469. The lowest BCUT2D eigenvalue weighted by molar-refractivity contribution is 0.0947. The highest BCUT2D eigenvalue weighted by atomic mass is 16.1. The van der Waals surface area contributed by atoms with Gasteiger partial charge in [0.2, 0.25) is 0 Å². The summed E-state index contributed by atoms with van der Waals surface area (Å²) in [5.41, 5.74) is 2.72. The third-order valence-electron chi connectivity index (χ3n) is 3.91. The van der Waals surface area contributed by atoms with Crippen LogP contribution in [0.1, 0.15) is 36.3 Å². The van der Waals surface area contributed by atoms with Crippen molar-refractivity contribution in [2.75, 3.05) is 25.0 Å². The molecule has 0 bridgehead atoms. The lowest BCUT2D eigenvalue weighted by Crippen LogP contribution is -2.26. The Morgan fingerprint density at radius 1 is 1.21 bits per heavy atom. The number of aromatic nitrogens is 2. The molecule has 1 N–H and O–H groups in total. The van der Waals surface area contributed by atoms with Gasteiger partial charge in [-0.15, -0.1) is 0 Å². The van der Waals surface area contributed by atoms with Crippen LogP contribution in [0.5, 0.6) is 0 Å². The number of amides is 1. The van der Waals surface area contributed by atoms with Gasteiger partial charge in [0.15, 0.2) is 0 Å². The summed E-state index contributed by atoms with van der Waals surface area (Å²) < 4.78 is 0. The second-order valence-corrected chi connectivity index (χ2v) is 6.37. The average Bonchev–Trinajstić information content (AvgIpc) is 2.60. The minimum atomic E-state index is -0.110. The number of rotatable bonds is 8. The van der Waals surface area contributed by atoms with Crippen LogP contribution in [-0.4, -0.2) is 36.0 Å². The number of nitrogens with zero attached hydrogens (tertiary/aromatic N) is 3. The van der Waals surface area contributed by atoms with Crippen LogP contribution in [-0.2, 0) is 6.42 Å². The first-order chi connectivity index (χ1) is 11.6. The quantitative estimate of drug-likeness (QED) is 0.810. The van der Waals surface area contributed by atoms with Gasteiger partial charge in [-0.2, -0.15) is 0 Å². The molecule has 0 saturated carbocycles. The van der Waals surface area contributed by atoms with E-state index < -0.39 is 0 Å². The van der Waals surface area contributed by atoms with Gasteiger partial charge < -0.3 is 10.2 Å². The minimum absolute atomic E-state index is 0.110. The molecule has 1 amide bonds. The predicted molar refractivity (Wildman–Crippen MR) is 97.2 cm³/mol. The molecular formula is C19H26N4O. The molecule has 0 unspecified atom stereocenters. The van der Waals surface area contributed by atoms with E-state index in [2.05, 4.69) is 34.0 Å². The highest BCUT2D eigenvalue weighted by molar-refractivity contribution is 5.92. The van der Waals surface area contributed by atoms with Crippen molar-refractivity contribution in [2.24, 2.45) is 5.92 Å². The molecule has 0 atom stereocenters. The summed E-state index contributed by atoms with van der Waals surface area (Å²) >= 11 is 0. The minimum Gasteiger partial charge on any atom is -0.373 e. The summed E-state index contributed by atoms with van der Waals surface area (Å²) in [7, 11) is 2.03. The third kappa shape index (κ3) is 5.65. The van der Waals surface area contributed by atoms with Crippen molar-refractivity contribution >= 4 is 11.6 Å². The van der Waals surface area contributed by atoms with Gasteiger partial charge in [-0.25, -0.2) is 4.98 Å². The van der Waals surface area contributed by atoms with E-state index in [1.54, 1.807) is 12.3 Å². The lowest BCUT2D eigenvalue weighted by Gasteiger charge is -2.19. The SMILES string of the molecule is CC(C)CCNC(=O)c1ccc(N(C)CCc2ccncc2)cn1. The van der Waals surface area contributed by atoms with Crippen LogP contribution in [0.25, 0.3) is 0 Å². The van der Waals surface area contributed by atoms with Crippen molar-refractivity contribution in [3.8, 4) is 0 Å². The first kappa shape index (κ1) is 17.9. The number of carbonyl (C=O) groups excluding carboxylic acids is 1. The highest BCUT2D eigenvalue weighted by Gasteiger charge is 2.08. The summed E-state index contributed by atoms with van der Waals surface area (Å²) in [6, 6.07) is 7.77. The van der Waals surface area contributed by atoms with Crippen molar-refractivity contribution in [1.29, 1.82) is 0 Å². The Labute approximate surface area is 144 Å². The first-order valence-corrected chi connectivity index (χ1v) is 8.40. The molecule has 2 aromatic rings. The van der Waals surface area contributed by atoms with Gasteiger partial charge in [-0.1, -0.05) is 13.8 Å². The summed E-state index contributed by atoms with van der Waals surface area (Å²) in [6.45, 7) is 5.85. The number of hydrogen-bond donors (Lipinski definition) is 1. The Morgan fingerprint density at radius 3 is 2.58 bits per heavy atom. The van der Waals surface area contributed by atoms with Crippen molar-refractivity contribution in [3.05, 3.63) is 54.1 Å². The number of nitrogens with one attached hydrogen (secondary N) is 1. The maximum Gasteiger partial charge on any atom is 0.269 e. The monoisotopic (exact) mass is 326 g/mol. The van der Waals surface area contributed by atoms with Crippen LogP contribution in [0.3, 0.4) is 0 Å². The molecular weight excluding hydrogens is 300 g/mol. The third-order valence-corrected chi connectivity index (χ3v) is 3.91. The number of pyridine rings is 2. The van der Waals surface area contributed by atoms with E-state index in [1.165, 1.54) is 5.56 Å². The van der Waals surface area contributed by atoms with Gasteiger partial charge in [0, 0.05) is 32.5 Å². The fourth-order valence-corrected chi connectivity index (χ4v) is 2.29. The zero-order chi connectivity index (χ0) is 17.4.